The van der Waals surface area contributed by atoms with Crippen molar-refractivity contribution in [2.45, 2.75) is 13.3 Å². The molecule has 0 heterocycles. The number of hydrogen-bond acceptors (Lipinski definition) is 2. The molecule has 0 aliphatic carbocycles. The lowest BCUT2D eigenvalue weighted by atomic mass is 10.1. The van der Waals surface area contributed by atoms with Crippen molar-refractivity contribution in [2.24, 2.45) is 0 Å². The van der Waals surface area contributed by atoms with Gasteiger partial charge in [-0.15, -0.1) is 0 Å². The van der Waals surface area contributed by atoms with E-state index in [9.17, 15) is 4.79 Å². The number of amides is 1. The molecule has 2 rings (SSSR count). The molecule has 0 aromatic heterocycles. The summed E-state index contributed by atoms with van der Waals surface area (Å²) in [4.78, 5) is 12.0. The number of carbonyl (C=O) groups is 1. The smallest absolute Gasteiger partial charge is 0.257 e. The maximum atomic E-state index is 12.0. The molecule has 0 saturated carbocycles. The van der Waals surface area contributed by atoms with Crippen molar-refractivity contribution >= 4 is 44.9 Å². The molecule has 1 amide bonds. The Morgan fingerprint density at radius 2 is 1.90 bits per heavy atom. The molecule has 108 valence electrons. The Labute approximate surface area is 137 Å². The van der Waals surface area contributed by atoms with Crippen molar-refractivity contribution in [3.8, 4) is 0 Å². The predicted molar refractivity (Wildman–Crippen MR) is 93.6 cm³/mol. The van der Waals surface area contributed by atoms with Crippen LogP contribution in [0.15, 0.2) is 53.0 Å². The van der Waals surface area contributed by atoms with Gasteiger partial charge in [0.05, 0.1) is 0 Å². The topological polar surface area (TPSA) is 41.1 Å². The standard InChI is InChI=1S/C16H15BrN2OS/c1-2-11-6-8-14(9-7-11)18-16(21)19-15(20)12-4-3-5-13(17)10-12/h3-10H,2H2,1H3,(H2,18,19,20,21). The van der Waals surface area contributed by atoms with Gasteiger partial charge in [0.2, 0.25) is 0 Å². The third kappa shape index (κ3) is 4.65. The molecule has 0 aliphatic heterocycles. The van der Waals surface area contributed by atoms with E-state index in [1.54, 1.807) is 18.2 Å². The van der Waals surface area contributed by atoms with Gasteiger partial charge in [-0.2, -0.15) is 0 Å². The molecular weight excluding hydrogens is 348 g/mol. The number of rotatable bonds is 3. The molecule has 0 aliphatic rings. The van der Waals surface area contributed by atoms with Gasteiger partial charge in [0.1, 0.15) is 0 Å². The molecule has 2 aromatic rings. The number of nitrogens with one attached hydrogen (secondary N) is 2. The van der Waals surface area contributed by atoms with Crippen LogP contribution in [0.4, 0.5) is 5.69 Å². The van der Waals surface area contributed by atoms with Crippen LogP contribution < -0.4 is 10.6 Å². The second-order valence-electron chi connectivity index (χ2n) is 4.47. The Morgan fingerprint density at radius 3 is 2.52 bits per heavy atom. The Bertz CT molecular complexity index is 656. The Hall–Kier alpha value is -1.72. The second-order valence-corrected chi connectivity index (χ2v) is 5.79. The van der Waals surface area contributed by atoms with Crippen molar-refractivity contribution in [2.75, 3.05) is 5.32 Å². The van der Waals surface area contributed by atoms with Crippen molar-refractivity contribution < 1.29 is 4.79 Å². The normalized spacial score (nSPS) is 10.0. The van der Waals surface area contributed by atoms with Crippen LogP contribution in [-0.4, -0.2) is 11.0 Å². The van der Waals surface area contributed by atoms with E-state index in [1.807, 2.05) is 30.3 Å². The van der Waals surface area contributed by atoms with Gasteiger partial charge >= 0.3 is 0 Å². The molecule has 2 aromatic carbocycles. The van der Waals surface area contributed by atoms with E-state index in [4.69, 9.17) is 12.2 Å². The van der Waals surface area contributed by atoms with Gasteiger partial charge in [-0.25, -0.2) is 0 Å². The third-order valence-electron chi connectivity index (χ3n) is 2.93. The highest BCUT2D eigenvalue weighted by molar-refractivity contribution is 9.10. The maximum absolute atomic E-state index is 12.0. The minimum Gasteiger partial charge on any atom is -0.332 e. The number of benzene rings is 2. The first kappa shape index (κ1) is 15.7. The van der Waals surface area contributed by atoms with Crippen LogP contribution in [0, 0.1) is 0 Å². The van der Waals surface area contributed by atoms with Crippen LogP contribution in [-0.2, 0) is 6.42 Å². The lowest BCUT2D eigenvalue weighted by Gasteiger charge is -2.10. The first-order valence-electron chi connectivity index (χ1n) is 6.55. The van der Waals surface area contributed by atoms with E-state index < -0.39 is 0 Å². The van der Waals surface area contributed by atoms with Gasteiger partial charge < -0.3 is 5.32 Å². The van der Waals surface area contributed by atoms with E-state index in [2.05, 4.69) is 33.5 Å². The molecule has 0 bridgehead atoms. The number of anilines is 1. The zero-order chi connectivity index (χ0) is 15.2. The van der Waals surface area contributed by atoms with E-state index >= 15 is 0 Å². The molecule has 21 heavy (non-hydrogen) atoms. The second kappa shape index (κ2) is 7.33. The molecule has 5 heteroatoms. The van der Waals surface area contributed by atoms with E-state index in [0.717, 1.165) is 16.6 Å². The molecule has 0 spiro atoms. The number of halogens is 1. The summed E-state index contributed by atoms with van der Waals surface area (Å²) < 4.78 is 0.851. The lowest BCUT2D eigenvalue weighted by Crippen LogP contribution is -2.34. The minimum absolute atomic E-state index is 0.237. The largest absolute Gasteiger partial charge is 0.332 e. The van der Waals surface area contributed by atoms with Crippen LogP contribution in [0.2, 0.25) is 0 Å². The lowest BCUT2D eigenvalue weighted by molar-refractivity contribution is 0.0977. The fourth-order valence-corrected chi connectivity index (χ4v) is 2.40. The van der Waals surface area contributed by atoms with Gasteiger partial charge in [-0.05, 0) is 54.5 Å². The summed E-state index contributed by atoms with van der Waals surface area (Å²) in [5.74, 6) is -0.237. The van der Waals surface area contributed by atoms with E-state index in [0.29, 0.717) is 5.56 Å². The Morgan fingerprint density at radius 1 is 1.19 bits per heavy atom. The minimum atomic E-state index is -0.237. The fraction of sp³-hybridized carbons (Fsp3) is 0.125. The van der Waals surface area contributed by atoms with Crippen molar-refractivity contribution in [1.82, 2.24) is 5.32 Å². The highest BCUT2D eigenvalue weighted by Crippen LogP contribution is 2.12. The SMILES string of the molecule is CCc1ccc(NC(=S)NC(=O)c2cccc(Br)c2)cc1. The zero-order valence-corrected chi connectivity index (χ0v) is 13.9. The summed E-state index contributed by atoms with van der Waals surface area (Å²) in [6.07, 6.45) is 0.990. The molecule has 2 N–H and O–H groups in total. The highest BCUT2D eigenvalue weighted by Gasteiger charge is 2.08. The average molecular weight is 363 g/mol. The maximum Gasteiger partial charge on any atom is 0.257 e. The molecule has 0 radical (unpaired) electrons. The highest BCUT2D eigenvalue weighted by atomic mass is 79.9. The van der Waals surface area contributed by atoms with Crippen LogP contribution >= 0.6 is 28.1 Å². The van der Waals surface area contributed by atoms with Crippen molar-refractivity contribution in [3.63, 3.8) is 0 Å². The summed E-state index contributed by atoms with van der Waals surface area (Å²) in [5.41, 5.74) is 2.66. The molecule has 0 unspecified atom stereocenters. The fourth-order valence-electron chi connectivity index (χ4n) is 1.79. The van der Waals surface area contributed by atoms with Crippen molar-refractivity contribution in [3.05, 3.63) is 64.1 Å². The monoisotopic (exact) mass is 362 g/mol. The van der Waals surface area contributed by atoms with Gasteiger partial charge in [0.25, 0.3) is 5.91 Å². The molecular formula is C16H15BrN2OS. The first-order chi connectivity index (χ1) is 10.1. The van der Waals surface area contributed by atoms with Crippen LogP contribution in [0.1, 0.15) is 22.8 Å². The molecule has 3 nitrogen and oxygen atoms in total. The summed E-state index contributed by atoms with van der Waals surface area (Å²) in [6, 6.07) is 15.1. The van der Waals surface area contributed by atoms with Crippen molar-refractivity contribution in [1.29, 1.82) is 0 Å². The summed E-state index contributed by atoms with van der Waals surface area (Å²) >= 11 is 8.49. The van der Waals surface area contributed by atoms with Gasteiger partial charge in [-0.1, -0.05) is 41.1 Å². The third-order valence-corrected chi connectivity index (χ3v) is 3.63. The molecule has 0 fully saturated rings. The Balaban J connectivity index is 1.96. The zero-order valence-electron chi connectivity index (χ0n) is 11.5. The van der Waals surface area contributed by atoms with E-state index in [-0.39, 0.29) is 11.0 Å². The van der Waals surface area contributed by atoms with Gasteiger partial charge in [0.15, 0.2) is 5.11 Å². The molecule has 0 saturated heterocycles. The quantitative estimate of drug-likeness (QED) is 0.806. The number of carbonyl (C=O) groups excluding carboxylic acids is 1. The first-order valence-corrected chi connectivity index (χ1v) is 7.75. The predicted octanol–water partition coefficient (Wildman–Crippen LogP) is 4.14. The number of aryl methyl sites for hydroxylation is 1. The van der Waals surface area contributed by atoms with Gasteiger partial charge in [0, 0.05) is 15.7 Å². The summed E-state index contributed by atoms with van der Waals surface area (Å²) in [6.45, 7) is 2.10. The van der Waals surface area contributed by atoms with Crippen LogP contribution in [0.25, 0.3) is 0 Å². The molecule has 0 atom stereocenters. The van der Waals surface area contributed by atoms with Crippen LogP contribution in [0.5, 0.6) is 0 Å². The number of hydrogen-bond donors (Lipinski definition) is 2. The van der Waals surface area contributed by atoms with E-state index in [1.165, 1.54) is 5.56 Å². The Kier molecular flexibility index (Phi) is 5.47. The number of thiocarbonyl (C=S) groups is 1. The summed E-state index contributed by atoms with van der Waals surface area (Å²) in [5, 5.41) is 5.94. The summed E-state index contributed by atoms with van der Waals surface area (Å²) in [7, 11) is 0. The van der Waals surface area contributed by atoms with Gasteiger partial charge in [-0.3, -0.25) is 10.1 Å². The van der Waals surface area contributed by atoms with Crippen LogP contribution in [0.3, 0.4) is 0 Å². The average Bonchev–Trinajstić information content (AvgIpc) is 2.48.